The van der Waals surface area contributed by atoms with Crippen molar-refractivity contribution < 1.29 is 9.53 Å². The molecule has 0 bridgehead atoms. The van der Waals surface area contributed by atoms with E-state index in [-0.39, 0.29) is 27.9 Å². The summed E-state index contributed by atoms with van der Waals surface area (Å²) in [4.78, 5) is 11.9. The summed E-state index contributed by atoms with van der Waals surface area (Å²) in [6, 6.07) is 10.6. The molecule has 3 nitrogen and oxygen atoms in total. The van der Waals surface area contributed by atoms with E-state index in [1.54, 1.807) is 0 Å². The molecule has 0 saturated carbocycles. The first kappa shape index (κ1) is 14.7. The SMILES string of the molecule is Cc1ccc(COC(=O)c2cc(N)c(Cl)c(Cl)c2)cc1. The van der Waals surface area contributed by atoms with Crippen LogP contribution in [0, 0.1) is 6.92 Å². The van der Waals surface area contributed by atoms with Crippen molar-refractivity contribution in [1.82, 2.24) is 0 Å². The zero-order valence-corrected chi connectivity index (χ0v) is 12.3. The first-order valence-electron chi connectivity index (χ1n) is 5.94. The summed E-state index contributed by atoms with van der Waals surface area (Å²) >= 11 is 11.7. The monoisotopic (exact) mass is 309 g/mol. The number of carbonyl (C=O) groups excluding carboxylic acids is 1. The minimum atomic E-state index is -0.490. The Morgan fingerprint density at radius 1 is 1.20 bits per heavy atom. The van der Waals surface area contributed by atoms with Crippen LogP contribution < -0.4 is 5.73 Å². The number of hydrogen-bond donors (Lipinski definition) is 1. The van der Waals surface area contributed by atoms with Crippen molar-refractivity contribution in [2.24, 2.45) is 0 Å². The topological polar surface area (TPSA) is 52.3 Å². The van der Waals surface area contributed by atoms with Gasteiger partial charge in [0.15, 0.2) is 0 Å². The molecule has 0 saturated heterocycles. The number of carbonyl (C=O) groups is 1. The van der Waals surface area contributed by atoms with Gasteiger partial charge in [0.25, 0.3) is 0 Å². The lowest BCUT2D eigenvalue weighted by Crippen LogP contribution is -2.06. The molecule has 0 aliphatic heterocycles. The maximum absolute atomic E-state index is 11.9. The van der Waals surface area contributed by atoms with Crippen molar-refractivity contribution in [3.8, 4) is 0 Å². The molecule has 20 heavy (non-hydrogen) atoms. The van der Waals surface area contributed by atoms with Crippen LogP contribution in [0.4, 0.5) is 5.69 Å². The van der Waals surface area contributed by atoms with Crippen LogP contribution in [0.3, 0.4) is 0 Å². The molecule has 5 heteroatoms. The molecule has 104 valence electrons. The van der Waals surface area contributed by atoms with E-state index in [4.69, 9.17) is 33.7 Å². The minimum absolute atomic E-state index is 0.194. The fourth-order valence-corrected chi connectivity index (χ4v) is 1.98. The number of aryl methyl sites for hydroxylation is 1. The normalized spacial score (nSPS) is 10.3. The van der Waals surface area contributed by atoms with Crippen molar-refractivity contribution >= 4 is 34.9 Å². The second-order valence-electron chi connectivity index (χ2n) is 4.42. The maximum atomic E-state index is 11.9. The van der Waals surface area contributed by atoms with Crippen LogP contribution in [0.25, 0.3) is 0 Å². The largest absolute Gasteiger partial charge is 0.457 e. The number of esters is 1. The molecular weight excluding hydrogens is 297 g/mol. The Balaban J connectivity index is 2.07. The molecule has 2 rings (SSSR count). The Morgan fingerprint density at radius 3 is 2.45 bits per heavy atom. The number of ether oxygens (including phenoxy) is 1. The number of hydrogen-bond acceptors (Lipinski definition) is 3. The Hall–Kier alpha value is -1.71. The van der Waals surface area contributed by atoms with E-state index >= 15 is 0 Å². The highest BCUT2D eigenvalue weighted by Crippen LogP contribution is 2.29. The van der Waals surface area contributed by atoms with E-state index in [2.05, 4.69) is 0 Å². The van der Waals surface area contributed by atoms with Gasteiger partial charge in [0.2, 0.25) is 0 Å². The van der Waals surface area contributed by atoms with Crippen LogP contribution in [0.1, 0.15) is 21.5 Å². The van der Waals surface area contributed by atoms with Gasteiger partial charge in [-0.15, -0.1) is 0 Å². The van der Waals surface area contributed by atoms with Crippen LogP contribution in [0.2, 0.25) is 10.0 Å². The van der Waals surface area contributed by atoms with Gasteiger partial charge in [0.05, 0.1) is 21.3 Å². The smallest absolute Gasteiger partial charge is 0.338 e. The second kappa shape index (κ2) is 6.16. The van der Waals surface area contributed by atoms with Crippen molar-refractivity contribution in [3.05, 3.63) is 63.1 Å². The molecule has 0 heterocycles. The summed E-state index contributed by atoms with van der Waals surface area (Å²) in [6.45, 7) is 2.19. The number of rotatable bonds is 3. The fraction of sp³-hybridized carbons (Fsp3) is 0.133. The third-order valence-corrected chi connectivity index (χ3v) is 3.60. The van der Waals surface area contributed by atoms with E-state index in [1.807, 2.05) is 31.2 Å². The van der Waals surface area contributed by atoms with Gasteiger partial charge in [-0.25, -0.2) is 4.79 Å². The van der Waals surface area contributed by atoms with Crippen molar-refractivity contribution in [2.75, 3.05) is 5.73 Å². The summed E-state index contributed by atoms with van der Waals surface area (Å²) in [7, 11) is 0. The lowest BCUT2D eigenvalue weighted by atomic mass is 10.1. The lowest BCUT2D eigenvalue weighted by Gasteiger charge is -2.07. The van der Waals surface area contributed by atoms with Gasteiger partial charge in [0, 0.05) is 0 Å². The maximum Gasteiger partial charge on any atom is 0.338 e. The Labute approximate surface area is 127 Å². The third-order valence-electron chi connectivity index (χ3n) is 2.78. The number of nitrogens with two attached hydrogens (primary N) is 1. The van der Waals surface area contributed by atoms with Crippen molar-refractivity contribution in [2.45, 2.75) is 13.5 Å². The van der Waals surface area contributed by atoms with Gasteiger partial charge in [-0.3, -0.25) is 0 Å². The minimum Gasteiger partial charge on any atom is -0.457 e. The van der Waals surface area contributed by atoms with Gasteiger partial charge in [-0.1, -0.05) is 53.0 Å². The molecule has 0 aliphatic carbocycles. The molecule has 0 amide bonds. The van der Waals surface area contributed by atoms with Crippen LogP contribution in [-0.4, -0.2) is 5.97 Å². The molecule has 0 fully saturated rings. The van der Waals surface area contributed by atoms with E-state index < -0.39 is 5.97 Å². The molecule has 0 aliphatic rings. The lowest BCUT2D eigenvalue weighted by molar-refractivity contribution is 0.0473. The first-order valence-corrected chi connectivity index (χ1v) is 6.70. The average Bonchev–Trinajstić information content (AvgIpc) is 2.43. The van der Waals surface area contributed by atoms with E-state index in [0.717, 1.165) is 11.1 Å². The van der Waals surface area contributed by atoms with E-state index in [0.29, 0.717) is 0 Å². The van der Waals surface area contributed by atoms with Crippen LogP contribution >= 0.6 is 23.2 Å². The quantitative estimate of drug-likeness (QED) is 0.681. The predicted molar refractivity (Wildman–Crippen MR) is 81.2 cm³/mol. The van der Waals surface area contributed by atoms with E-state index in [1.165, 1.54) is 12.1 Å². The van der Waals surface area contributed by atoms with Crippen LogP contribution in [-0.2, 0) is 11.3 Å². The standard InChI is InChI=1S/C15H13Cl2NO2/c1-9-2-4-10(5-3-9)8-20-15(19)11-6-12(16)14(17)13(18)7-11/h2-7H,8,18H2,1H3. The first-order chi connectivity index (χ1) is 9.47. The molecule has 2 aromatic carbocycles. The van der Waals surface area contributed by atoms with Crippen molar-refractivity contribution in [3.63, 3.8) is 0 Å². The summed E-state index contributed by atoms with van der Waals surface area (Å²) in [5.74, 6) is -0.490. The van der Waals surface area contributed by atoms with Crippen LogP contribution in [0.5, 0.6) is 0 Å². The highest BCUT2D eigenvalue weighted by molar-refractivity contribution is 6.43. The molecule has 0 spiro atoms. The number of benzene rings is 2. The third kappa shape index (κ3) is 3.44. The molecule has 0 radical (unpaired) electrons. The molecule has 2 aromatic rings. The van der Waals surface area contributed by atoms with Gasteiger partial charge < -0.3 is 10.5 Å². The Bertz CT molecular complexity index is 616. The van der Waals surface area contributed by atoms with Gasteiger partial charge in [-0.2, -0.15) is 0 Å². The Kier molecular flexibility index (Phi) is 4.53. The zero-order valence-electron chi connectivity index (χ0n) is 10.8. The molecule has 0 aromatic heterocycles. The van der Waals surface area contributed by atoms with Gasteiger partial charge in [0.1, 0.15) is 6.61 Å². The summed E-state index contributed by atoms with van der Waals surface area (Å²) in [6.07, 6.45) is 0. The molecule has 0 atom stereocenters. The van der Waals surface area contributed by atoms with Gasteiger partial charge in [-0.05, 0) is 24.6 Å². The van der Waals surface area contributed by atoms with Crippen LogP contribution in [0.15, 0.2) is 36.4 Å². The number of halogens is 2. The van der Waals surface area contributed by atoms with E-state index in [9.17, 15) is 4.79 Å². The zero-order chi connectivity index (χ0) is 14.7. The Morgan fingerprint density at radius 2 is 1.85 bits per heavy atom. The molecule has 0 unspecified atom stereocenters. The molecule has 2 N–H and O–H groups in total. The fourth-order valence-electron chi connectivity index (χ4n) is 1.64. The number of nitrogen functional groups attached to an aromatic ring is 1. The highest BCUT2D eigenvalue weighted by Gasteiger charge is 2.12. The summed E-state index contributed by atoms with van der Waals surface area (Å²) in [5.41, 5.74) is 8.26. The predicted octanol–water partition coefficient (Wildman–Crippen LogP) is 4.24. The number of anilines is 1. The second-order valence-corrected chi connectivity index (χ2v) is 5.21. The summed E-state index contributed by atoms with van der Waals surface area (Å²) in [5, 5.41) is 0.468. The molecular formula is C15H13Cl2NO2. The average molecular weight is 310 g/mol. The highest BCUT2D eigenvalue weighted by atomic mass is 35.5. The van der Waals surface area contributed by atoms with Gasteiger partial charge >= 0.3 is 5.97 Å². The van der Waals surface area contributed by atoms with Crippen molar-refractivity contribution in [1.29, 1.82) is 0 Å². The summed E-state index contributed by atoms with van der Waals surface area (Å²) < 4.78 is 5.21.